The van der Waals surface area contributed by atoms with Gasteiger partial charge in [-0.05, 0) is 18.6 Å². The minimum Gasteiger partial charge on any atom is -0.381 e. The molecule has 7 heteroatoms. The van der Waals surface area contributed by atoms with Crippen LogP contribution in [0.4, 0.5) is 19.1 Å². The van der Waals surface area contributed by atoms with Gasteiger partial charge in [-0.25, -0.2) is 9.97 Å². The highest BCUT2D eigenvalue weighted by atomic mass is 19.4. The molecule has 1 aliphatic rings. The second kappa shape index (κ2) is 4.59. The molecule has 1 aromatic carbocycles. The first-order valence-corrected chi connectivity index (χ1v) is 6.17. The van der Waals surface area contributed by atoms with Gasteiger partial charge in [0.15, 0.2) is 0 Å². The third kappa shape index (κ3) is 2.29. The number of hydrogen-bond donors (Lipinski definition) is 1. The Morgan fingerprint density at radius 2 is 2.05 bits per heavy atom. The van der Waals surface area contributed by atoms with E-state index in [0.717, 1.165) is 18.6 Å². The summed E-state index contributed by atoms with van der Waals surface area (Å²) in [4.78, 5) is 8.09. The van der Waals surface area contributed by atoms with E-state index in [1.807, 2.05) is 0 Å². The van der Waals surface area contributed by atoms with Crippen LogP contribution in [0.15, 0.2) is 18.2 Å². The summed E-state index contributed by atoms with van der Waals surface area (Å²) in [6.45, 7) is 1.13. The SMILES string of the molecule is Nc1nc(C2CCOC2)c2ccc(C(F)(F)F)cc2n1. The van der Waals surface area contributed by atoms with Crippen LogP contribution in [-0.4, -0.2) is 23.2 Å². The third-order valence-electron chi connectivity index (χ3n) is 3.39. The van der Waals surface area contributed by atoms with Crippen LogP contribution in [0.25, 0.3) is 10.9 Å². The number of fused-ring (bicyclic) bond motifs is 1. The van der Waals surface area contributed by atoms with Gasteiger partial charge in [0.2, 0.25) is 5.95 Å². The van der Waals surface area contributed by atoms with Gasteiger partial charge < -0.3 is 10.5 Å². The lowest BCUT2D eigenvalue weighted by Gasteiger charge is -2.13. The highest BCUT2D eigenvalue weighted by Crippen LogP contribution is 2.34. The molecule has 0 radical (unpaired) electrons. The highest BCUT2D eigenvalue weighted by molar-refractivity contribution is 5.83. The number of ether oxygens (including phenoxy) is 1. The zero-order valence-corrected chi connectivity index (χ0v) is 10.4. The molecule has 0 spiro atoms. The minimum atomic E-state index is -4.40. The van der Waals surface area contributed by atoms with Crippen molar-refractivity contribution in [1.29, 1.82) is 0 Å². The average molecular weight is 283 g/mol. The summed E-state index contributed by atoms with van der Waals surface area (Å²) in [6.07, 6.45) is -3.61. The molecular weight excluding hydrogens is 271 g/mol. The molecule has 2 N–H and O–H groups in total. The second-order valence-electron chi connectivity index (χ2n) is 4.76. The molecule has 3 rings (SSSR count). The van der Waals surface area contributed by atoms with Crippen LogP contribution in [0, 0.1) is 0 Å². The average Bonchev–Trinajstić information content (AvgIpc) is 2.89. The summed E-state index contributed by atoms with van der Waals surface area (Å²) in [5.74, 6) is 0.0401. The lowest BCUT2D eigenvalue weighted by molar-refractivity contribution is -0.137. The van der Waals surface area contributed by atoms with Crippen molar-refractivity contribution >= 4 is 16.9 Å². The molecule has 1 aromatic heterocycles. The van der Waals surface area contributed by atoms with Crippen molar-refractivity contribution in [3.63, 3.8) is 0 Å². The number of alkyl halides is 3. The molecule has 2 heterocycles. The second-order valence-corrected chi connectivity index (χ2v) is 4.76. The Hall–Kier alpha value is -1.89. The quantitative estimate of drug-likeness (QED) is 0.874. The van der Waals surface area contributed by atoms with E-state index in [-0.39, 0.29) is 17.4 Å². The molecule has 1 fully saturated rings. The van der Waals surface area contributed by atoms with E-state index >= 15 is 0 Å². The van der Waals surface area contributed by atoms with Crippen LogP contribution in [0.3, 0.4) is 0 Å². The predicted octanol–water partition coefficient (Wildman–Crippen LogP) is 2.73. The van der Waals surface area contributed by atoms with E-state index in [1.165, 1.54) is 6.07 Å². The fraction of sp³-hybridized carbons (Fsp3) is 0.385. The number of rotatable bonds is 1. The summed E-state index contributed by atoms with van der Waals surface area (Å²) >= 11 is 0. The van der Waals surface area contributed by atoms with Gasteiger partial charge in [-0.15, -0.1) is 0 Å². The summed E-state index contributed by atoms with van der Waals surface area (Å²) in [5, 5.41) is 0.600. The van der Waals surface area contributed by atoms with Crippen LogP contribution in [0.1, 0.15) is 23.6 Å². The Balaban J connectivity index is 2.17. The van der Waals surface area contributed by atoms with E-state index in [4.69, 9.17) is 10.5 Å². The van der Waals surface area contributed by atoms with Gasteiger partial charge in [0.25, 0.3) is 0 Å². The molecule has 0 bridgehead atoms. The molecule has 0 amide bonds. The lowest BCUT2D eigenvalue weighted by Crippen LogP contribution is -2.09. The van der Waals surface area contributed by atoms with E-state index in [1.54, 1.807) is 0 Å². The smallest absolute Gasteiger partial charge is 0.381 e. The third-order valence-corrected chi connectivity index (χ3v) is 3.39. The summed E-state index contributed by atoms with van der Waals surface area (Å²) in [5.41, 5.74) is 5.75. The zero-order chi connectivity index (χ0) is 14.3. The maximum Gasteiger partial charge on any atom is 0.416 e. The van der Waals surface area contributed by atoms with Crippen molar-refractivity contribution in [1.82, 2.24) is 9.97 Å². The normalized spacial score (nSPS) is 19.6. The number of aromatic nitrogens is 2. The van der Waals surface area contributed by atoms with Crippen molar-refractivity contribution < 1.29 is 17.9 Å². The van der Waals surface area contributed by atoms with Crippen LogP contribution >= 0.6 is 0 Å². The number of benzene rings is 1. The van der Waals surface area contributed by atoms with Crippen LogP contribution in [0.5, 0.6) is 0 Å². The van der Waals surface area contributed by atoms with E-state index in [0.29, 0.717) is 24.3 Å². The van der Waals surface area contributed by atoms with Gasteiger partial charge in [-0.1, -0.05) is 6.07 Å². The van der Waals surface area contributed by atoms with Crippen molar-refractivity contribution in [2.45, 2.75) is 18.5 Å². The molecule has 1 saturated heterocycles. The van der Waals surface area contributed by atoms with Crippen molar-refractivity contribution in [2.75, 3.05) is 18.9 Å². The van der Waals surface area contributed by atoms with Gasteiger partial charge in [0, 0.05) is 17.9 Å². The number of nitrogens with two attached hydrogens (primary N) is 1. The van der Waals surface area contributed by atoms with Crippen LogP contribution < -0.4 is 5.73 Å². The number of hydrogen-bond acceptors (Lipinski definition) is 4. The first-order chi connectivity index (χ1) is 9.45. The Labute approximate surface area is 112 Å². The molecule has 1 atom stereocenters. The topological polar surface area (TPSA) is 61.0 Å². The largest absolute Gasteiger partial charge is 0.416 e. The van der Waals surface area contributed by atoms with Crippen LogP contribution in [-0.2, 0) is 10.9 Å². The standard InChI is InChI=1S/C13H12F3N3O/c14-13(15,16)8-1-2-9-10(5-8)18-12(17)19-11(9)7-3-4-20-6-7/h1-2,5,7H,3-4,6H2,(H2,17,18,19). The molecule has 20 heavy (non-hydrogen) atoms. The Kier molecular flexibility index (Phi) is 3.01. The zero-order valence-electron chi connectivity index (χ0n) is 10.4. The molecule has 4 nitrogen and oxygen atoms in total. The maximum absolute atomic E-state index is 12.7. The van der Waals surface area contributed by atoms with E-state index in [9.17, 15) is 13.2 Å². The molecule has 1 unspecified atom stereocenters. The van der Waals surface area contributed by atoms with Gasteiger partial charge in [-0.3, -0.25) is 0 Å². The van der Waals surface area contributed by atoms with Crippen molar-refractivity contribution in [2.24, 2.45) is 0 Å². The van der Waals surface area contributed by atoms with E-state index in [2.05, 4.69) is 9.97 Å². The lowest BCUT2D eigenvalue weighted by atomic mass is 9.99. The minimum absolute atomic E-state index is 0.0151. The maximum atomic E-state index is 12.7. The number of nitrogens with zero attached hydrogens (tertiary/aromatic N) is 2. The monoisotopic (exact) mass is 283 g/mol. The Morgan fingerprint density at radius 3 is 2.70 bits per heavy atom. The molecule has 0 aliphatic carbocycles. The number of nitrogen functional groups attached to an aromatic ring is 1. The summed E-state index contributed by atoms with van der Waals surface area (Å²) in [7, 11) is 0. The molecular formula is C13H12F3N3O. The number of halogens is 3. The van der Waals surface area contributed by atoms with Crippen LogP contribution in [0.2, 0.25) is 0 Å². The molecule has 2 aromatic rings. The first-order valence-electron chi connectivity index (χ1n) is 6.17. The summed E-state index contributed by atoms with van der Waals surface area (Å²) < 4.78 is 43.5. The van der Waals surface area contributed by atoms with Gasteiger partial charge in [-0.2, -0.15) is 13.2 Å². The molecule has 106 valence electrons. The fourth-order valence-electron chi connectivity index (χ4n) is 2.41. The highest BCUT2D eigenvalue weighted by Gasteiger charge is 2.31. The van der Waals surface area contributed by atoms with Gasteiger partial charge >= 0.3 is 6.18 Å². The van der Waals surface area contributed by atoms with E-state index < -0.39 is 11.7 Å². The molecule has 0 saturated carbocycles. The first kappa shape index (κ1) is 13.1. The Morgan fingerprint density at radius 1 is 1.25 bits per heavy atom. The van der Waals surface area contributed by atoms with Crippen molar-refractivity contribution in [3.8, 4) is 0 Å². The van der Waals surface area contributed by atoms with Crippen molar-refractivity contribution in [3.05, 3.63) is 29.5 Å². The van der Waals surface area contributed by atoms with Gasteiger partial charge in [0.1, 0.15) is 0 Å². The number of anilines is 1. The summed E-state index contributed by atoms with van der Waals surface area (Å²) in [6, 6.07) is 3.46. The predicted molar refractivity (Wildman–Crippen MR) is 67.1 cm³/mol. The Bertz CT molecular complexity index is 651. The van der Waals surface area contributed by atoms with Gasteiger partial charge in [0.05, 0.1) is 23.4 Å². The molecule has 1 aliphatic heterocycles. The fourth-order valence-corrected chi connectivity index (χ4v) is 2.41.